The SMILES string of the molecule is C=C1C(=O)O[C@H]2[C@H]1[C@H](OC(=O)[C@@]1(C)O[C@H]1C)[C@H](OC(C)=O)C(C(=O)OC)=C/C=C\[C@]1(C)O[C@H]21. The summed E-state index contributed by atoms with van der Waals surface area (Å²) in [6.45, 7) is 10.0. The van der Waals surface area contributed by atoms with Gasteiger partial charge in [-0.3, -0.25) is 4.79 Å². The largest absolute Gasteiger partial charge is 0.466 e. The van der Waals surface area contributed by atoms with Gasteiger partial charge in [-0.25, -0.2) is 14.4 Å². The van der Waals surface area contributed by atoms with E-state index >= 15 is 0 Å². The van der Waals surface area contributed by atoms with E-state index < -0.39 is 71.5 Å². The first-order valence-electron chi connectivity index (χ1n) is 10.5. The minimum Gasteiger partial charge on any atom is -0.466 e. The van der Waals surface area contributed by atoms with Crippen molar-refractivity contribution in [1.29, 1.82) is 0 Å². The number of esters is 4. The van der Waals surface area contributed by atoms with Gasteiger partial charge in [0.2, 0.25) is 0 Å². The summed E-state index contributed by atoms with van der Waals surface area (Å²) in [6.07, 6.45) is 0.0606. The number of epoxide rings is 2. The van der Waals surface area contributed by atoms with Crippen molar-refractivity contribution in [1.82, 2.24) is 0 Å². The molecule has 4 rings (SSSR count). The smallest absolute Gasteiger partial charge is 0.341 e. The Bertz CT molecular complexity index is 995. The van der Waals surface area contributed by atoms with Crippen molar-refractivity contribution < 1.29 is 47.6 Å². The van der Waals surface area contributed by atoms with Gasteiger partial charge in [0.1, 0.15) is 17.8 Å². The molecule has 3 saturated heterocycles. The third-order valence-electron chi connectivity index (χ3n) is 6.61. The van der Waals surface area contributed by atoms with Crippen LogP contribution in [0.5, 0.6) is 0 Å². The summed E-state index contributed by atoms with van der Waals surface area (Å²) < 4.78 is 32.9. The van der Waals surface area contributed by atoms with Gasteiger partial charge < -0.3 is 28.4 Å². The topological polar surface area (TPSA) is 130 Å². The summed E-state index contributed by atoms with van der Waals surface area (Å²) in [5, 5.41) is 0. The summed E-state index contributed by atoms with van der Waals surface area (Å²) in [5.74, 6) is -3.94. The molecule has 3 heterocycles. The zero-order valence-electron chi connectivity index (χ0n) is 19.0. The minimum absolute atomic E-state index is 0.0106. The van der Waals surface area contributed by atoms with Crippen LogP contribution in [0.3, 0.4) is 0 Å². The molecule has 0 radical (unpaired) electrons. The Balaban J connectivity index is 1.85. The highest BCUT2D eigenvalue weighted by atomic mass is 16.7. The van der Waals surface area contributed by atoms with Crippen LogP contribution in [0.15, 0.2) is 36.0 Å². The Hall–Kier alpha value is -2.98. The van der Waals surface area contributed by atoms with Crippen LogP contribution in [-0.4, -0.2) is 72.7 Å². The molecule has 8 atom stereocenters. The number of rotatable bonds is 4. The van der Waals surface area contributed by atoms with E-state index in [0.717, 1.165) is 6.92 Å². The highest BCUT2D eigenvalue weighted by Crippen LogP contribution is 2.49. The molecule has 3 aliphatic heterocycles. The van der Waals surface area contributed by atoms with Crippen LogP contribution >= 0.6 is 0 Å². The normalized spacial score (nSPS) is 42.0. The summed E-state index contributed by atoms with van der Waals surface area (Å²) in [7, 11) is 1.17. The van der Waals surface area contributed by atoms with Crippen molar-refractivity contribution in [3.8, 4) is 0 Å². The summed E-state index contributed by atoms with van der Waals surface area (Å²) in [6, 6.07) is 0. The van der Waals surface area contributed by atoms with Gasteiger partial charge in [0.25, 0.3) is 0 Å². The first kappa shape index (κ1) is 23.2. The molecule has 0 bridgehead atoms. The van der Waals surface area contributed by atoms with E-state index in [0.29, 0.717) is 0 Å². The molecule has 0 amide bonds. The van der Waals surface area contributed by atoms with E-state index in [1.807, 2.05) is 0 Å². The Morgan fingerprint density at radius 1 is 1.15 bits per heavy atom. The number of hydrogen-bond acceptors (Lipinski definition) is 10. The van der Waals surface area contributed by atoms with Gasteiger partial charge in [-0.05, 0) is 26.8 Å². The van der Waals surface area contributed by atoms with Gasteiger partial charge in [0.15, 0.2) is 17.8 Å². The first-order valence-corrected chi connectivity index (χ1v) is 10.5. The summed E-state index contributed by atoms with van der Waals surface area (Å²) in [4.78, 5) is 50.3. The third kappa shape index (κ3) is 3.87. The van der Waals surface area contributed by atoms with Crippen LogP contribution < -0.4 is 0 Å². The molecular weight excluding hydrogens is 436 g/mol. The fourth-order valence-electron chi connectivity index (χ4n) is 4.35. The number of carbonyl (C=O) groups excluding carboxylic acids is 4. The third-order valence-corrected chi connectivity index (χ3v) is 6.61. The van der Waals surface area contributed by atoms with Crippen molar-refractivity contribution in [2.45, 2.75) is 69.4 Å². The molecule has 33 heavy (non-hydrogen) atoms. The Morgan fingerprint density at radius 2 is 1.82 bits per heavy atom. The Morgan fingerprint density at radius 3 is 2.39 bits per heavy atom. The second-order valence-electron chi connectivity index (χ2n) is 8.88. The lowest BCUT2D eigenvalue weighted by Crippen LogP contribution is -2.49. The van der Waals surface area contributed by atoms with Crippen LogP contribution in [-0.2, 0) is 47.6 Å². The van der Waals surface area contributed by atoms with Crippen LogP contribution in [0, 0.1) is 5.92 Å². The molecule has 0 spiro atoms. The number of carbonyl (C=O) groups is 4. The average molecular weight is 462 g/mol. The van der Waals surface area contributed by atoms with E-state index in [2.05, 4.69) is 6.58 Å². The Kier molecular flexibility index (Phi) is 5.49. The van der Waals surface area contributed by atoms with E-state index in [1.54, 1.807) is 32.9 Å². The van der Waals surface area contributed by atoms with Crippen molar-refractivity contribution in [2.75, 3.05) is 7.11 Å². The minimum atomic E-state index is -1.41. The predicted molar refractivity (Wildman–Crippen MR) is 109 cm³/mol. The van der Waals surface area contributed by atoms with E-state index in [4.69, 9.17) is 28.4 Å². The van der Waals surface area contributed by atoms with Gasteiger partial charge in [-0.1, -0.05) is 18.7 Å². The highest BCUT2D eigenvalue weighted by Gasteiger charge is 2.65. The lowest BCUT2D eigenvalue weighted by Gasteiger charge is -2.33. The first-order chi connectivity index (χ1) is 15.4. The molecule has 178 valence electrons. The molecular formula is C23H26O10. The van der Waals surface area contributed by atoms with Crippen LogP contribution in [0.1, 0.15) is 27.7 Å². The molecule has 4 aliphatic rings. The van der Waals surface area contributed by atoms with Gasteiger partial charge in [-0.2, -0.15) is 0 Å². The zero-order chi connectivity index (χ0) is 24.3. The van der Waals surface area contributed by atoms with E-state index in [9.17, 15) is 19.2 Å². The van der Waals surface area contributed by atoms with Crippen molar-refractivity contribution in [3.05, 3.63) is 36.0 Å². The quantitative estimate of drug-likeness (QED) is 0.257. The molecule has 0 aromatic heterocycles. The molecule has 3 fully saturated rings. The van der Waals surface area contributed by atoms with Gasteiger partial charge in [-0.15, -0.1) is 0 Å². The van der Waals surface area contributed by atoms with Crippen molar-refractivity contribution in [3.63, 3.8) is 0 Å². The molecule has 1 aliphatic carbocycles. The average Bonchev–Trinajstić information content (AvgIpc) is 3.57. The molecule has 0 aromatic carbocycles. The standard InChI is InChI=1S/C23H26O10/c1-10-14-16(31-21(27)23(5)11(2)32-23)15(29-12(3)24)13(20(26)28-6)8-7-9-22(4)18(33-22)17(14)30-19(10)25/h7-9,11,14-18H,1H2,2-6H3/b9-7-,13-8?/t11-,14+,15+,16-,17-,18+,22-,23-/m0/s1. The Labute approximate surface area is 190 Å². The fraction of sp³-hybridized carbons (Fsp3) is 0.565. The van der Waals surface area contributed by atoms with Crippen LogP contribution in [0.25, 0.3) is 0 Å². The lowest BCUT2D eigenvalue weighted by molar-refractivity contribution is -0.174. The molecule has 0 N–H and O–H groups in total. The number of methoxy groups -OCH3 is 1. The van der Waals surface area contributed by atoms with Crippen molar-refractivity contribution >= 4 is 23.9 Å². The maximum absolute atomic E-state index is 13.0. The van der Waals surface area contributed by atoms with Gasteiger partial charge >= 0.3 is 23.9 Å². The fourth-order valence-corrected chi connectivity index (χ4v) is 4.35. The van der Waals surface area contributed by atoms with Crippen LogP contribution in [0.4, 0.5) is 0 Å². The summed E-state index contributed by atoms with van der Waals surface area (Å²) >= 11 is 0. The van der Waals surface area contributed by atoms with E-state index in [-0.39, 0.29) is 11.1 Å². The predicted octanol–water partition coefficient (Wildman–Crippen LogP) is 0.932. The molecule has 0 aromatic rings. The number of hydrogen-bond donors (Lipinski definition) is 0. The van der Waals surface area contributed by atoms with Crippen LogP contribution in [0.2, 0.25) is 0 Å². The van der Waals surface area contributed by atoms with E-state index in [1.165, 1.54) is 13.2 Å². The maximum atomic E-state index is 13.0. The summed E-state index contributed by atoms with van der Waals surface area (Å²) in [5.41, 5.74) is -2.08. The number of ether oxygens (including phenoxy) is 6. The van der Waals surface area contributed by atoms with Gasteiger partial charge in [0.05, 0.1) is 24.7 Å². The molecule has 10 nitrogen and oxygen atoms in total. The monoisotopic (exact) mass is 462 g/mol. The maximum Gasteiger partial charge on any atom is 0.341 e. The number of allylic oxidation sites excluding steroid dienone is 2. The van der Waals surface area contributed by atoms with Gasteiger partial charge in [0, 0.05) is 12.5 Å². The number of fused-ring (bicyclic) bond motifs is 3. The highest BCUT2D eigenvalue weighted by molar-refractivity contribution is 5.93. The second-order valence-corrected chi connectivity index (χ2v) is 8.88. The second kappa shape index (κ2) is 7.81. The lowest BCUT2D eigenvalue weighted by atomic mass is 9.81. The van der Waals surface area contributed by atoms with Crippen molar-refractivity contribution in [2.24, 2.45) is 5.92 Å². The molecule has 10 heteroatoms. The zero-order valence-corrected chi connectivity index (χ0v) is 19.0. The molecule has 0 unspecified atom stereocenters. The molecule has 0 saturated carbocycles.